The van der Waals surface area contributed by atoms with Crippen LogP contribution in [0.4, 0.5) is 0 Å². The maximum absolute atomic E-state index is 5.63. The maximum atomic E-state index is 5.63. The minimum Gasteiger partial charge on any atom is -0.374 e. The van der Waals surface area contributed by atoms with E-state index in [-0.39, 0.29) is 0 Å². The summed E-state index contributed by atoms with van der Waals surface area (Å²) >= 11 is 0. The van der Waals surface area contributed by atoms with Crippen LogP contribution >= 0.6 is 0 Å². The van der Waals surface area contributed by atoms with Crippen LogP contribution in [0.2, 0.25) is 0 Å². The summed E-state index contributed by atoms with van der Waals surface area (Å²) in [5.74, 6) is 0. The molecule has 2 rings (SSSR count). The Morgan fingerprint density at radius 2 is 1.55 bits per heavy atom. The smallest absolute Gasteiger partial charge is 0.0631 e. The zero-order valence-electron chi connectivity index (χ0n) is 7.60. The molecule has 1 heterocycles. The van der Waals surface area contributed by atoms with Gasteiger partial charge >= 0.3 is 0 Å². The highest BCUT2D eigenvalue weighted by molar-refractivity contribution is 4.99. The summed E-state index contributed by atoms with van der Waals surface area (Å²) in [6, 6.07) is 0. The molecule has 2 fully saturated rings. The molecule has 1 aliphatic carbocycles. The first-order valence-corrected chi connectivity index (χ1v) is 4.91. The third-order valence-corrected chi connectivity index (χ3v) is 3.81. The minimum absolute atomic E-state index is 0.540. The third-order valence-electron chi connectivity index (χ3n) is 3.81. The lowest BCUT2D eigenvalue weighted by atomic mass is 9.64. The molecule has 2 aliphatic rings. The molecule has 1 saturated carbocycles. The van der Waals surface area contributed by atoms with Crippen molar-refractivity contribution in [3.05, 3.63) is 0 Å². The molecule has 1 nitrogen and oxygen atoms in total. The van der Waals surface area contributed by atoms with Gasteiger partial charge in [-0.3, -0.25) is 0 Å². The van der Waals surface area contributed by atoms with Gasteiger partial charge in [-0.15, -0.1) is 0 Å². The summed E-state index contributed by atoms with van der Waals surface area (Å²) < 4.78 is 5.63. The highest BCUT2D eigenvalue weighted by atomic mass is 16.5. The van der Waals surface area contributed by atoms with E-state index in [9.17, 15) is 0 Å². The fourth-order valence-electron chi connectivity index (χ4n) is 2.86. The van der Waals surface area contributed by atoms with Crippen LogP contribution in [0, 0.1) is 5.41 Å². The number of ether oxygens (including phenoxy) is 1. The first kappa shape index (κ1) is 7.60. The Kier molecular flexibility index (Phi) is 1.71. The van der Waals surface area contributed by atoms with E-state index in [4.69, 9.17) is 4.74 Å². The quantitative estimate of drug-likeness (QED) is 0.521. The maximum Gasteiger partial charge on any atom is 0.0631 e. The van der Waals surface area contributed by atoms with E-state index >= 15 is 0 Å². The summed E-state index contributed by atoms with van der Waals surface area (Å²) in [6.07, 6.45) is 8.21. The van der Waals surface area contributed by atoms with Crippen LogP contribution in [-0.4, -0.2) is 12.2 Å². The summed E-state index contributed by atoms with van der Waals surface area (Å²) in [6.45, 7) is 4.48. The molecule has 0 aromatic heterocycles. The first-order valence-electron chi connectivity index (χ1n) is 4.91. The monoisotopic (exact) mass is 154 g/mol. The fourth-order valence-corrected chi connectivity index (χ4v) is 2.86. The molecule has 1 aliphatic heterocycles. The van der Waals surface area contributed by atoms with Gasteiger partial charge in [0.05, 0.1) is 12.2 Å². The van der Waals surface area contributed by atoms with E-state index in [1.54, 1.807) is 0 Å². The largest absolute Gasteiger partial charge is 0.374 e. The van der Waals surface area contributed by atoms with E-state index in [0.717, 1.165) is 0 Å². The van der Waals surface area contributed by atoms with Crippen molar-refractivity contribution in [3.8, 4) is 0 Å². The fraction of sp³-hybridized carbons (Fsp3) is 1.00. The van der Waals surface area contributed by atoms with Crippen molar-refractivity contribution in [2.45, 2.75) is 58.2 Å². The normalized spacial score (nSPS) is 42.0. The van der Waals surface area contributed by atoms with Gasteiger partial charge in [0, 0.05) is 5.41 Å². The average Bonchev–Trinajstić information content (AvgIpc) is 2.07. The standard InChI is InChI=1S/C10H18O/c1-8-10(9(2)11-8)6-4-3-5-7-10/h8-9H,3-7H2,1-2H3. The topological polar surface area (TPSA) is 9.23 Å². The Morgan fingerprint density at radius 1 is 1.00 bits per heavy atom. The van der Waals surface area contributed by atoms with E-state index in [2.05, 4.69) is 13.8 Å². The van der Waals surface area contributed by atoms with E-state index in [1.807, 2.05) is 0 Å². The summed E-state index contributed by atoms with van der Waals surface area (Å²) in [5.41, 5.74) is 0.595. The van der Waals surface area contributed by atoms with Crippen LogP contribution in [0.1, 0.15) is 46.0 Å². The van der Waals surface area contributed by atoms with Crippen molar-refractivity contribution in [1.29, 1.82) is 0 Å². The SMILES string of the molecule is CC1OC(C)C12CCCCC2. The Balaban J connectivity index is 2.06. The Bertz CT molecular complexity index is 137. The number of hydrogen-bond donors (Lipinski definition) is 0. The second-order valence-electron chi connectivity index (χ2n) is 4.21. The molecule has 0 bridgehead atoms. The van der Waals surface area contributed by atoms with E-state index < -0.39 is 0 Å². The molecule has 64 valence electrons. The van der Waals surface area contributed by atoms with Crippen LogP contribution in [0.25, 0.3) is 0 Å². The second kappa shape index (κ2) is 2.48. The number of rotatable bonds is 0. The summed E-state index contributed by atoms with van der Waals surface area (Å²) in [7, 11) is 0. The van der Waals surface area contributed by atoms with E-state index in [1.165, 1.54) is 32.1 Å². The second-order valence-corrected chi connectivity index (χ2v) is 4.21. The van der Waals surface area contributed by atoms with E-state index in [0.29, 0.717) is 17.6 Å². The van der Waals surface area contributed by atoms with Gasteiger partial charge in [0.25, 0.3) is 0 Å². The molecule has 1 saturated heterocycles. The molecule has 0 amide bonds. The molecule has 2 atom stereocenters. The molecule has 1 heteroatoms. The Hall–Kier alpha value is -0.0400. The highest BCUT2D eigenvalue weighted by Gasteiger charge is 2.51. The number of hydrogen-bond acceptors (Lipinski definition) is 1. The zero-order valence-corrected chi connectivity index (χ0v) is 7.60. The molecule has 0 aromatic rings. The third kappa shape index (κ3) is 0.936. The van der Waals surface area contributed by atoms with Crippen LogP contribution in [-0.2, 0) is 4.74 Å². The Morgan fingerprint density at radius 3 is 1.91 bits per heavy atom. The van der Waals surface area contributed by atoms with Crippen molar-refractivity contribution in [1.82, 2.24) is 0 Å². The molecule has 2 unspecified atom stereocenters. The molecule has 11 heavy (non-hydrogen) atoms. The molecule has 0 aromatic carbocycles. The van der Waals surface area contributed by atoms with Gasteiger partial charge in [-0.25, -0.2) is 0 Å². The van der Waals surface area contributed by atoms with Gasteiger partial charge in [0.1, 0.15) is 0 Å². The van der Waals surface area contributed by atoms with Gasteiger partial charge in [-0.1, -0.05) is 19.3 Å². The predicted octanol–water partition coefficient (Wildman–Crippen LogP) is 2.74. The summed E-state index contributed by atoms with van der Waals surface area (Å²) in [4.78, 5) is 0. The van der Waals surface area contributed by atoms with Crippen LogP contribution in [0.3, 0.4) is 0 Å². The highest BCUT2D eigenvalue weighted by Crippen LogP contribution is 2.51. The van der Waals surface area contributed by atoms with Gasteiger partial charge in [0.2, 0.25) is 0 Å². The molecular formula is C10H18O. The zero-order chi connectivity index (χ0) is 7.90. The average molecular weight is 154 g/mol. The Labute approximate surface area is 69.1 Å². The van der Waals surface area contributed by atoms with Crippen LogP contribution < -0.4 is 0 Å². The van der Waals surface area contributed by atoms with Crippen molar-refractivity contribution in [2.75, 3.05) is 0 Å². The lowest BCUT2D eigenvalue weighted by molar-refractivity contribution is -0.246. The van der Waals surface area contributed by atoms with Crippen LogP contribution in [0.15, 0.2) is 0 Å². The van der Waals surface area contributed by atoms with Gasteiger partial charge in [-0.2, -0.15) is 0 Å². The molecule has 0 radical (unpaired) electrons. The first-order chi connectivity index (χ1) is 5.26. The predicted molar refractivity (Wildman–Crippen MR) is 45.5 cm³/mol. The van der Waals surface area contributed by atoms with Crippen LogP contribution in [0.5, 0.6) is 0 Å². The lowest BCUT2D eigenvalue weighted by Gasteiger charge is -2.55. The van der Waals surface area contributed by atoms with Crippen molar-refractivity contribution in [2.24, 2.45) is 5.41 Å². The molecule has 0 N–H and O–H groups in total. The van der Waals surface area contributed by atoms with Crippen molar-refractivity contribution < 1.29 is 4.74 Å². The summed E-state index contributed by atoms with van der Waals surface area (Å²) in [5, 5.41) is 0. The molecular weight excluding hydrogens is 136 g/mol. The van der Waals surface area contributed by atoms with Gasteiger partial charge in [0.15, 0.2) is 0 Å². The molecule has 1 spiro atoms. The minimum atomic E-state index is 0.540. The van der Waals surface area contributed by atoms with Gasteiger partial charge < -0.3 is 4.74 Å². The van der Waals surface area contributed by atoms with Crippen molar-refractivity contribution in [3.63, 3.8) is 0 Å². The lowest BCUT2D eigenvalue weighted by Crippen LogP contribution is -2.57. The van der Waals surface area contributed by atoms with Gasteiger partial charge in [-0.05, 0) is 26.7 Å². The van der Waals surface area contributed by atoms with Crippen molar-refractivity contribution >= 4 is 0 Å².